The first-order chi connectivity index (χ1) is 4.16. The number of hydrogen-bond donors (Lipinski definition) is 0. The molecule has 0 fully saturated rings. The number of rotatable bonds is 2. The fourth-order valence-electron chi connectivity index (χ4n) is 1.01. The van der Waals surface area contributed by atoms with Gasteiger partial charge in [-0.15, -0.1) is 11.8 Å². The molecule has 0 nitrogen and oxygen atoms in total. The van der Waals surface area contributed by atoms with Gasteiger partial charge in [0.2, 0.25) is 0 Å². The van der Waals surface area contributed by atoms with Gasteiger partial charge in [-0.1, -0.05) is 20.8 Å². The molecule has 52 valence electrons. The predicted molar refractivity (Wildman–Crippen MR) is 42.1 cm³/mol. The first-order valence-electron chi connectivity index (χ1n) is 3.59. The van der Waals surface area contributed by atoms with Crippen LogP contribution in [-0.2, 0) is 0 Å². The van der Waals surface area contributed by atoms with Crippen molar-refractivity contribution in [2.75, 3.05) is 0 Å². The molecule has 0 aliphatic carbocycles. The lowest BCUT2D eigenvalue weighted by Gasteiger charge is -2.05. The van der Waals surface area contributed by atoms with Crippen LogP contribution < -0.4 is 0 Å². The van der Waals surface area contributed by atoms with E-state index in [0.29, 0.717) is 5.92 Å². The molecule has 0 N–H and O–H groups in total. The van der Waals surface area contributed by atoms with E-state index in [1.807, 2.05) is 6.92 Å². The maximum absolute atomic E-state index is 3.13. The first-order valence-corrected chi connectivity index (χ1v) is 3.59. The largest absolute Gasteiger partial charge is 0.106 e. The summed E-state index contributed by atoms with van der Waals surface area (Å²) < 4.78 is 0. The van der Waals surface area contributed by atoms with E-state index in [9.17, 15) is 0 Å². The van der Waals surface area contributed by atoms with Gasteiger partial charge in [0, 0.05) is 5.92 Å². The van der Waals surface area contributed by atoms with Crippen LogP contribution in [0.5, 0.6) is 0 Å². The predicted octanol–water partition coefficient (Wildman–Crippen LogP) is 2.69. The highest BCUT2D eigenvalue weighted by molar-refractivity contribution is 4.99. The van der Waals surface area contributed by atoms with Gasteiger partial charge in [0.05, 0.1) is 0 Å². The third-order valence-corrected chi connectivity index (χ3v) is 1.22. The molecule has 0 aromatic heterocycles. The van der Waals surface area contributed by atoms with Crippen molar-refractivity contribution in [2.24, 2.45) is 11.8 Å². The van der Waals surface area contributed by atoms with Gasteiger partial charge in [-0.3, -0.25) is 0 Å². The van der Waals surface area contributed by atoms with Crippen molar-refractivity contribution < 1.29 is 0 Å². The van der Waals surface area contributed by atoms with E-state index >= 15 is 0 Å². The Hall–Kier alpha value is -0.440. The van der Waals surface area contributed by atoms with E-state index < -0.39 is 0 Å². The summed E-state index contributed by atoms with van der Waals surface area (Å²) >= 11 is 0. The summed E-state index contributed by atoms with van der Waals surface area (Å²) in [5.74, 6) is 7.41. The highest BCUT2D eigenvalue weighted by Gasteiger charge is 1.99. The maximum atomic E-state index is 3.13. The molecule has 0 aliphatic rings. The van der Waals surface area contributed by atoms with Crippen molar-refractivity contribution in [3.63, 3.8) is 0 Å². The van der Waals surface area contributed by atoms with Gasteiger partial charge in [-0.2, -0.15) is 0 Å². The van der Waals surface area contributed by atoms with Crippen molar-refractivity contribution in [3.05, 3.63) is 0 Å². The van der Waals surface area contributed by atoms with Crippen molar-refractivity contribution in [2.45, 2.75) is 34.1 Å². The average Bonchev–Trinajstić information content (AvgIpc) is 1.63. The van der Waals surface area contributed by atoms with Crippen LogP contribution in [-0.4, -0.2) is 0 Å². The van der Waals surface area contributed by atoms with E-state index in [1.165, 1.54) is 6.42 Å². The Morgan fingerprint density at radius 1 is 1.22 bits per heavy atom. The van der Waals surface area contributed by atoms with Gasteiger partial charge in [0.25, 0.3) is 0 Å². The summed E-state index contributed by atoms with van der Waals surface area (Å²) in [6.07, 6.45) is 1.22. The lowest BCUT2D eigenvalue weighted by Crippen LogP contribution is -1.96. The minimum atomic E-state index is 0.579. The smallest absolute Gasteiger partial charge is 0.0176 e. The second-order valence-electron chi connectivity index (χ2n) is 2.92. The molecule has 0 saturated heterocycles. The molecular formula is C9H16. The minimum absolute atomic E-state index is 0.579. The van der Waals surface area contributed by atoms with Crippen LogP contribution in [0, 0.1) is 23.7 Å². The van der Waals surface area contributed by atoms with Crippen LogP contribution in [0.3, 0.4) is 0 Å². The normalized spacial score (nSPS) is 12.6. The highest BCUT2D eigenvalue weighted by atomic mass is 14.0. The summed E-state index contributed by atoms with van der Waals surface area (Å²) in [5, 5.41) is 0. The molecule has 0 heterocycles. The Bertz CT molecular complexity index is 112. The molecule has 0 aliphatic heterocycles. The van der Waals surface area contributed by atoms with Gasteiger partial charge < -0.3 is 0 Å². The van der Waals surface area contributed by atoms with E-state index in [-0.39, 0.29) is 0 Å². The van der Waals surface area contributed by atoms with Gasteiger partial charge in [-0.25, -0.2) is 0 Å². The molecule has 0 spiro atoms. The summed E-state index contributed by atoms with van der Waals surface area (Å²) in [5.41, 5.74) is 0. The lowest BCUT2D eigenvalue weighted by molar-refractivity contribution is 0.513. The minimum Gasteiger partial charge on any atom is -0.106 e. The van der Waals surface area contributed by atoms with Gasteiger partial charge in [0.15, 0.2) is 0 Å². The van der Waals surface area contributed by atoms with Crippen LogP contribution in [0.25, 0.3) is 0 Å². The fraction of sp³-hybridized carbons (Fsp3) is 0.778. The van der Waals surface area contributed by atoms with Crippen molar-refractivity contribution in [1.29, 1.82) is 0 Å². The molecule has 9 heavy (non-hydrogen) atoms. The molecule has 0 aromatic carbocycles. The number of hydrogen-bond acceptors (Lipinski definition) is 0. The zero-order chi connectivity index (χ0) is 7.28. The Kier molecular flexibility index (Phi) is 4.22. The summed E-state index contributed by atoms with van der Waals surface area (Å²) in [6.45, 7) is 8.54. The standard InChI is InChI=1S/C9H16/c1-5-6-9(4)7-8(2)3/h8-9H,7H2,1-4H3. The molecule has 0 aromatic rings. The average molecular weight is 124 g/mol. The van der Waals surface area contributed by atoms with Crippen LogP contribution in [0.4, 0.5) is 0 Å². The molecule has 0 amide bonds. The summed E-state index contributed by atoms with van der Waals surface area (Å²) in [7, 11) is 0. The van der Waals surface area contributed by atoms with E-state index in [4.69, 9.17) is 0 Å². The quantitative estimate of drug-likeness (QED) is 0.496. The molecule has 0 bridgehead atoms. The van der Waals surface area contributed by atoms with Crippen molar-refractivity contribution >= 4 is 0 Å². The van der Waals surface area contributed by atoms with Crippen molar-refractivity contribution in [3.8, 4) is 11.8 Å². The molecule has 0 saturated carbocycles. The summed E-state index contributed by atoms with van der Waals surface area (Å²) in [6, 6.07) is 0. The summed E-state index contributed by atoms with van der Waals surface area (Å²) in [4.78, 5) is 0. The monoisotopic (exact) mass is 124 g/mol. The van der Waals surface area contributed by atoms with E-state index in [1.54, 1.807) is 0 Å². The maximum Gasteiger partial charge on any atom is 0.0176 e. The zero-order valence-corrected chi connectivity index (χ0v) is 6.86. The highest BCUT2D eigenvalue weighted by Crippen LogP contribution is 2.08. The van der Waals surface area contributed by atoms with Crippen LogP contribution in [0.1, 0.15) is 34.1 Å². The Labute approximate surface area is 58.7 Å². The molecule has 1 atom stereocenters. The molecule has 1 unspecified atom stereocenters. The van der Waals surface area contributed by atoms with Crippen molar-refractivity contribution in [1.82, 2.24) is 0 Å². The molecular weight excluding hydrogens is 108 g/mol. The van der Waals surface area contributed by atoms with Crippen LogP contribution in [0.15, 0.2) is 0 Å². The molecule has 0 heteroatoms. The zero-order valence-electron chi connectivity index (χ0n) is 6.86. The SMILES string of the molecule is CC#CC(C)CC(C)C. The first kappa shape index (κ1) is 8.56. The van der Waals surface area contributed by atoms with E-state index in [0.717, 1.165) is 5.92 Å². The second-order valence-corrected chi connectivity index (χ2v) is 2.92. The Morgan fingerprint density at radius 2 is 1.78 bits per heavy atom. The van der Waals surface area contributed by atoms with Crippen LogP contribution in [0.2, 0.25) is 0 Å². The van der Waals surface area contributed by atoms with Gasteiger partial charge in [-0.05, 0) is 19.3 Å². The fourth-order valence-corrected chi connectivity index (χ4v) is 1.01. The van der Waals surface area contributed by atoms with Gasteiger partial charge >= 0.3 is 0 Å². The Morgan fingerprint density at radius 3 is 2.11 bits per heavy atom. The van der Waals surface area contributed by atoms with Crippen LogP contribution >= 0.6 is 0 Å². The topological polar surface area (TPSA) is 0 Å². The third-order valence-electron chi connectivity index (χ3n) is 1.22. The molecule has 0 rings (SSSR count). The second kappa shape index (κ2) is 4.44. The molecule has 0 radical (unpaired) electrons. The Balaban J connectivity index is 3.46. The van der Waals surface area contributed by atoms with Gasteiger partial charge in [0.1, 0.15) is 0 Å². The third kappa shape index (κ3) is 5.43. The lowest BCUT2D eigenvalue weighted by atomic mass is 10.00. The van der Waals surface area contributed by atoms with E-state index in [2.05, 4.69) is 32.6 Å².